The van der Waals surface area contributed by atoms with Crippen molar-refractivity contribution in [3.8, 4) is 0 Å². The molecule has 1 fully saturated rings. The lowest BCUT2D eigenvalue weighted by Gasteiger charge is -2.53. The Morgan fingerprint density at radius 2 is 1.32 bits per heavy atom. The SMILES string of the molecule is COC(C)(C)C(C)(C)C(C)(C)[SiH]1O[SiH2]O[SiH2]O[SiH2]O1. The number of methoxy groups -OCH3 is 1. The van der Waals surface area contributed by atoms with E-state index in [1.54, 1.807) is 7.11 Å². The van der Waals surface area contributed by atoms with Gasteiger partial charge in [-0.2, -0.15) is 0 Å². The fraction of sp³-hybridized carbons (Fsp3) is 1.00. The Kier molecular flexibility index (Phi) is 6.17. The predicted octanol–water partition coefficient (Wildman–Crippen LogP) is -0.485. The van der Waals surface area contributed by atoms with Crippen molar-refractivity contribution in [2.45, 2.75) is 52.2 Å². The van der Waals surface area contributed by atoms with Crippen LogP contribution in [0.3, 0.4) is 0 Å². The first-order valence-corrected chi connectivity index (χ1v) is 11.6. The van der Waals surface area contributed by atoms with E-state index in [0.29, 0.717) is 0 Å². The van der Waals surface area contributed by atoms with Crippen molar-refractivity contribution in [3.05, 3.63) is 0 Å². The number of hydrogen-bond donors (Lipinski definition) is 0. The summed E-state index contributed by atoms with van der Waals surface area (Å²) < 4.78 is 28.8. The average molecular weight is 341 g/mol. The van der Waals surface area contributed by atoms with Gasteiger partial charge >= 0.3 is 9.28 Å². The summed E-state index contributed by atoms with van der Waals surface area (Å²) in [5.74, 6) is 0. The summed E-state index contributed by atoms with van der Waals surface area (Å²) in [5.41, 5.74) is -0.330. The second-order valence-corrected chi connectivity index (χ2v) is 15.2. The Bertz CT molecular complexity index is 290. The monoisotopic (exact) mass is 340 g/mol. The minimum absolute atomic E-state index is 0.0713. The lowest BCUT2D eigenvalue weighted by Crippen LogP contribution is -2.55. The van der Waals surface area contributed by atoms with Crippen molar-refractivity contribution in [2.75, 3.05) is 7.11 Å². The van der Waals surface area contributed by atoms with E-state index in [0.717, 1.165) is 0 Å². The zero-order valence-electron chi connectivity index (χ0n) is 13.2. The molecule has 0 amide bonds. The quantitative estimate of drug-likeness (QED) is 0.647. The Balaban J connectivity index is 2.92. The van der Waals surface area contributed by atoms with Crippen LogP contribution >= 0.6 is 0 Å². The lowest BCUT2D eigenvalue weighted by molar-refractivity contribution is -0.0919. The molecular formula is C10H28O5Si4. The Morgan fingerprint density at radius 1 is 0.842 bits per heavy atom. The van der Waals surface area contributed by atoms with Crippen molar-refractivity contribution in [2.24, 2.45) is 5.41 Å². The molecule has 0 saturated carbocycles. The van der Waals surface area contributed by atoms with E-state index >= 15 is 0 Å². The molecular weight excluding hydrogens is 312 g/mol. The molecule has 0 aromatic carbocycles. The highest BCUT2D eigenvalue weighted by Crippen LogP contribution is 2.54. The van der Waals surface area contributed by atoms with Gasteiger partial charge in [-0.3, -0.25) is 0 Å². The highest BCUT2D eigenvalue weighted by Gasteiger charge is 2.54. The van der Waals surface area contributed by atoms with Gasteiger partial charge in [0.1, 0.15) is 0 Å². The number of rotatable bonds is 4. The molecule has 0 aromatic heterocycles. The first kappa shape index (κ1) is 17.7. The summed E-state index contributed by atoms with van der Waals surface area (Å²) in [5, 5.41) is -0.0713. The fourth-order valence-corrected chi connectivity index (χ4v) is 13.2. The van der Waals surface area contributed by atoms with Crippen molar-refractivity contribution in [1.82, 2.24) is 0 Å². The van der Waals surface area contributed by atoms with E-state index < -0.39 is 39.3 Å². The molecule has 5 nitrogen and oxygen atoms in total. The summed E-state index contributed by atoms with van der Waals surface area (Å²) in [6, 6.07) is 0. The molecule has 0 aliphatic carbocycles. The largest absolute Gasteiger partial charge is 0.425 e. The minimum Gasteiger partial charge on any atom is -0.425 e. The third-order valence-corrected chi connectivity index (χ3v) is 13.1. The third kappa shape index (κ3) is 3.66. The summed E-state index contributed by atoms with van der Waals surface area (Å²) in [6.45, 7) is 13.2. The highest BCUT2D eigenvalue weighted by atomic mass is 28.4. The Hall–Kier alpha value is 0.668. The highest BCUT2D eigenvalue weighted by molar-refractivity contribution is 6.62. The van der Waals surface area contributed by atoms with Gasteiger partial charge in [0, 0.05) is 12.1 Å². The van der Waals surface area contributed by atoms with Gasteiger partial charge in [0.25, 0.3) is 30.0 Å². The van der Waals surface area contributed by atoms with Gasteiger partial charge in [-0.05, 0) is 19.3 Å². The molecule has 1 aliphatic rings. The molecule has 0 aromatic rings. The van der Waals surface area contributed by atoms with Crippen LogP contribution in [-0.4, -0.2) is 52.0 Å². The van der Waals surface area contributed by atoms with Crippen LogP contribution in [0.5, 0.6) is 0 Å². The van der Waals surface area contributed by atoms with Crippen LogP contribution < -0.4 is 0 Å². The molecule has 0 unspecified atom stereocenters. The molecule has 0 radical (unpaired) electrons. The van der Waals surface area contributed by atoms with E-state index in [4.69, 9.17) is 21.2 Å². The van der Waals surface area contributed by atoms with E-state index in [9.17, 15) is 0 Å². The molecule has 0 atom stereocenters. The van der Waals surface area contributed by atoms with Gasteiger partial charge in [0.05, 0.1) is 5.60 Å². The Morgan fingerprint density at radius 3 is 1.74 bits per heavy atom. The van der Waals surface area contributed by atoms with Gasteiger partial charge in [0.2, 0.25) is 0 Å². The molecule has 0 spiro atoms. The molecule has 0 N–H and O–H groups in total. The second kappa shape index (κ2) is 6.62. The maximum absolute atomic E-state index is 6.04. The standard InChI is InChI=1S/C10H28O5Si4/c1-8(2,9(3,4)11-7)10(5,6)19-14-17-12-16-13-18-15-19/h19H,16-18H2,1-7H3. The maximum atomic E-state index is 6.04. The molecule has 19 heavy (non-hydrogen) atoms. The van der Waals surface area contributed by atoms with Crippen LogP contribution in [0.25, 0.3) is 0 Å². The lowest BCUT2D eigenvalue weighted by atomic mass is 9.68. The minimum atomic E-state index is -1.83. The first-order chi connectivity index (χ1) is 8.67. The number of hydrogen-bond acceptors (Lipinski definition) is 5. The van der Waals surface area contributed by atoms with Crippen LogP contribution in [0.2, 0.25) is 5.04 Å². The molecule has 1 aliphatic heterocycles. The van der Waals surface area contributed by atoms with Gasteiger partial charge < -0.3 is 21.2 Å². The molecule has 0 bridgehead atoms. The zero-order valence-corrected chi connectivity index (χ0v) is 18.6. The van der Waals surface area contributed by atoms with Crippen LogP contribution in [-0.2, 0) is 21.2 Å². The topological polar surface area (TPSA) is 46.2 Å². The van der Waals surface area contributed by atoms with E-state index in [1.807, 2.05) is 0 Å². The van der Waals surface area contributed by atoms with Crippen molar-refractivity contribution in [1.29, 1.82) is 0 Å². The van der Waals surface area contributed by atoms with E-state index in [-0.39, 0.29) is 16.1 Å². The maximum Gasteiger partial charge on any atom is 0.309 e. The summed E-state index contributed by atoms with van der Waals surface area (Å²) in [7, 11) is -2.74. The van der Waals surface area contributed by atoms with Crippen molar-refractivity contribution in [3.63, 3.8) is 0 Å². The average Bonchev–Trinajstić information content (AvgIpc) is 2.27. The van der Waals surface area contributed by atoms with Gasteiger partial charge in [-0.25, -0.2) is 0 Å². The first-order valence-electron chi connectivity index (χ1n) is 6.60. The summed E-state index contributed by atoms with van der Waals surface area (Å²) in [6.07, 6.45) is 0. The van der Waals surface area contributed by atoms with E-state index in [1.165, 1.54) is 0 Å². The molecule has 9 heteroatoms. The van der Waals surface area contributed by atoms with Gasteiger partial charge in [0.15, 0.2) is 0 Å². The predicted molar refractivity (Wildman–Crippen MR) is 86.0 cm³/mol. The van der Waals surface area contributed by atoms with Crippen molar-refractivity contribution < 1.29 is 21.2 Å². The Labute approximate surface area is 125 Å². The normalized spacial score (nSPS) is 27.6. The summed E-state index contributed by atoms with van der Waals surface area (Å²) >= 11 is 0. The molecule has 1 heterocycles. The third-order valence-electron chi connectivity index (χ3n) is 4.99. The second-order valence-electron chi connectivity index (χ2n) is 6.49. The molecule has 1 saturated heterocycles. The van der Waals surface area contributed by atoms with E-state index in [2.05, 4.69) is 41.5 Å². The number of ether oxygens (including phenoxy) is 1. The van der Waals surface area contributed by atoms with Crippen molar-refractivity contribution >= 4 is 39.3 Å². The summed E-state index contributed by atoms with van der Waals surface area (Å²) in [4.78, 5) is 0. The zero-order chi connectivity index (χ0) is 14.7. The smallest absolute Gasteiger partial charge is 0.309 e. The fourth-order valence-electron chi connectivity index (χ4n) is 2.14. The van der Waals surface area contributed by atoms with Gasteiger partial charge in [-0.15, -0.1) is 0 Å². The molecule has 1 rings (SSSR count). The van der Waals surface area contributed by atoms with Gasteiger partial charge in [-0.1, -0.05) is 27.7 Å². The van der Waals surface area contributed by atoms with Crippen LogP contribution in [0.15, 0.2) is 0 Å². The van der Waals surface area contributed by atoms with Crippen LogP contribution in [0.1, 0.15) is 41.5 Å². The molecule has 114 valence electrons. The van der Waals surface area contributed by atoms with Crippen LogP contribution in [0, 0.1) is 5.41 Å². The van der Waals surface area contributed by atoms with Crippen LogP contribution in [0.4, 0.5) is 0 Å².